The van der Waals surface area contributed by atoms with Crippen LogP contribution in [0.3, 0.4) is 0 Å². The second-order valence-corrected chi connectivity index (χ2v) is 6.05. The topological polar surface area (TPSA) is 35.2 Å². The number of anilines is 1. The van der Waals surface area contributed by atoms with Gasteiger partial charge in [0.25, 0.3) is 0 Å². The van der Waals surface area contributed by atoms with E-state index in [0.29, 0.717) is 5.69 Å². The lowest BCUT2D eigenvalue weighted by molar-refractivity contribution is 0.417. The Kier molecular flexibility index (Phi) is 4.96. The van der Waals surface area contributed by atoms with E-state index in [0.717, 1.165) is 17.3 Å². The Hall–Kier alpha value is -1.61. The standard InChI is InChI=1S/C17H21NOS/c1-12-6-13(2)8-15(7-12)11-20-10-14-4-5-17(19-3)16(18)9-14/h4-9H,10-11,18H2,1-3H3. The monoisotopic (exact) mass is 287 g/mol. The molecule has 2 N–H and O–H groups in total. The van der Waals surface area contributed by atoms with Gasteiger partial charge in [0, 0.05) is 11.5 Å². The molecule has 2 aromatic rings. The van der Waals surface area contributed by atoms with Crippen molar-refractivity contribution in [1.29, 1.82) is 0 Å². The van der Waals surface area contributed by atoms with Gasteiger partial charge < -0.3 is 10.5 Å². The molecule has 3 heteroatoms. The molecular weight excluding hydrogens is 266 g/mol. The van der Waals surface area contributed by atoms with Gasteiger partial charge in [0.2, 0.25) is 0 Å². The average Bonchev–Trinajstić information content (AvgIpc) is 2.38. The summed E-state index contributed by atoms with van der Waals surface area (Å²) in [6.07, 6.45) is 0. The highest BCUT2D eigenvalue weighted by Gasteiger charge is 2.02. The van der Waals surface area contributed by atoms with Crippen molar-refractivity contribution in [2.24, 2.45) is 0 Å². The molecule has 0 saturated heterocycles. The summed E-state index contributed by atoms with van der Waals surface area (Å²) in [5, 5.41) is 0. The van der Waals surface area contributed by atoms with Crippen molar-refractivity contribution in [3.8, 4) is 5.75 Å². The maximum absolute atomic E-state index is 5.92. The molecule has 0 aromatic heterocycles. The first kappa shape index (κ1) is 14.8. The van der Waals surface area contributed by atoms with E-state index in [1.807, 2.05) is 23.9 Å². The molecule has 0 aliphatic heterocycles. The van der Waals surface area contributed by atoms with Crippen LogP contribution in [0.5, 0.6) is 5.75 Å². The van der Waals surface area contributed by atoms with Crippen molar-refractivity contribution in [3.05, 3.63) is 58.7 Å². The van der Waals surface area contributed by atoms with Crippen LogP contribution in [0.2, 0.25) is 0 Å². The summed E-state index contributed by atoms with van der Waals surface area (Å²) in [6, 6.07) is 12.7. The van der Waals surface area contributed by atoms with Crippen LogP contribution < -0.4 is 10.5 Å². The summed E-state index contributed by atoms with van der Waals surface area (Å²) in [4.78, 5) is 0. The van der Waals surface area contributed by atoms with Crippen LogP contribution in [0.25, 0.3) is 0 Å². The summed E-state index contributed by atoms with van der Waals surface area (Å²) < 4.78 is 5.17. The Morgan fingerprint density at radius 3 is 2.20 bits per heavy atom. The largest absolute Gasteiger partial charge is 0.495 e. The third-order valence-corrected chi connectivity index (χ3v) is 4.19. The molecule has 20 heavy (non-hydrogen) atoms. The van der Waals surface area contributed by atoms with Crippen molar-refractivity contribution in [1.82, 2.24) is 0 Å². The van der Waals surface area contributed by atoms with Crippen molar-refractivity contribution < 1.29 is 4.74 Å². The Balaban J connectivity index is 1.94. The van der Waals surface area contributed by atoms with Gasteiger partial charge in [-0.2, -0.15) is 11.8 Å². The lowest BCUT2D eigenvalue weighted by Crippen LogP contribution is -1.93. The van der Waals surface area contributed by atoms with Gasteiger partial charge >= 0.3 is 0 Å². The molecule has 0 bridgehead atoms. The van der Waals surface area contributed by atoms with Crippen molar-refractivity contribution in [3.63, 3.8) is 0 Å². The SMILES string of the molecule is COc1ccc(CSCc2cc(C)cc(C)c2)cc1N. The summed E-state index contributed by atoms with van der Waals surface area (Å²) in [5.74, 6) is 2.73. The molecule has 0 unspecified atom stereocenters. The third kappa shape index (κ3) is 3.94. The molecule has 0 aliphatic carbocycles. The fourth-order valence-corrected chi connectivity index (χ4v) is 3.23. The highest BCUT2D eigenvalue weighted by Crippen LogP contribution is 2.25. The van der Waals surface area contributed by atoms with Crippen molar-refractivity contribution in [2.75, 3.05) is 12.8 Å². The van der Waals surface area contributed by atoms with E-state index in [4.69, 9.17) is 10.5 Å². The Morgan fingerprint density at radius 2 is 1.60 bits per heavy atom. The Labute approximate surface area is 125 Å². The van der Waals surface area contributed by atoms with E-state index < -0.39 is 0 Å². The fraction of sp³-hybridized carbons (Fsp3) is 0.294. The van der Waals surface area contributed by atoms with Crippen LogP contribution in [-0.4, -0.2) is 7.11 Å². The highest BCUT2D eigenvalue weighted by molar-refractivity contribution is 7.97. The first-order valence-corrected chi connectivity index (χ1v) is 7.81. The fourth-order valence-electron chi connectivity index (χ4n) is 2.31. The van der Waals surface area contributed by atoms with Crippen LogP contribution >= 0.6 is 11.8 Å². The van der Waals surface area contributed by atoms with Crippen LogP contribution in [0.1, 0.15) is 22.3 Å². The van der Waals surface area contributed by atoms with Gasteiger partial charge in [-0.05, 0) is 37.1 Å². The maximum atomic E-state index is 5.92. The summed E-state index contributed by atoms with van der Waals surface area (Å²) in [5.41, 5.74) is 11.9. The molecule has 2 aromatic carbocycles. The normalized spacial score (nSPS) is 10.6. The van der Waals surface area contributed by atoms with Gasteiger partial charge in [0.05, 0.1) is 12.8 Å². The minimum absolute atomic E-state index is 0.706. The average molecular weight is 287 g/mol. The number of hydrogen-bond donors (Lipinski definition) is 1. The zero-order valence-electron chi connectivity index (χ0n) is 12.3. The van der Waals surface area contributed by atoms with Gasteiger partial charge in [0.15, 0.2) is 0 Å². The molecule has 0 saturated carbocycles. The molecule has 0 amide bonds. The number of aryl methyl sites for hydroxylation is 2. The number of benzene rings is 2. The highest BCUT2D eigenvalue weighted by atomic mass is 32.2. The molecule has 2 rings (SSSR count). The van der Waals surface area contributed by atoms with Crippen LogP contribution in [0.4, 0.5) is 5.69 Å². The van der Waals surface area contributed by atoms with Crippen LogP contribution in [-0.2, 0) is 11.5 Å². The zero-order valence-corrected chi connectivity index (χ0v) is 13.1. The van der Waals surface area contributed by atoms with Gasteiger partial charge in [-0.1, -0.05) is 35.4 Å². The molecule has 2 nitrogen and oxygen atoms in total. The zero-order chi connectivity index (χ0) is 14.5. The number of thioether (sulfide) groups is 1. The van der Waals surface area contributed by atoms with Gasteiger partial charge in [-0.15, -0.1) is 0 Å². The number of ether oxygens (including phenoxy) is 1. The number of hydrogen-bond acceptors (Lipinski definition) is 3. The summed E-state index contributed by atoms with van der Waals surface area (Å²) in [7, 11) is 1.64. The smallest absolute Gasteiger partial charge is 0.141 e. The lowest BCUT2D eigenvalue weighted by atomic mass is 10.1. The van der Waals surface area contributed by atoms with Crippen molar-refractivity contribution in [2.45, 2.75) is 25.4 Å². The summed E-state index contributed by atoms with van der Waals surface area (Å²) >= 11 is 1.90. The minimum Gasteiger partial charge on any atom is -0.495 e. The second kappa shape index (κ2) is 6.71. The minimum atomic E-state index is 0.706. The maximum Gasteiger partial charge on any atom is 0.141 e. The van der Waals surface area contributed by atoms with E-state index in [9.17, 15) is 0 Å². The number of nitrogen functional groups attached to an aromatic ring is 1. The van der Waals surface area contributed by atoms with Crippen LogP contribution in [0.15, 0.2) is 36.4 Å². The number of rotatable bonds is 5. The Morgan fingerprint density at radius 1 is 0.950 bits per heavy atom. The van der Waals surface area contributed by atoms with Crippen molar-refractivity contribution >= 4 is 17.4 Å². The number of nitrogens with two attached hydrogens (primary N) is 1. The quantitative estimate of drug-likeness (QED) is 0.831. The van der Waals surface area contributed by atoms with E-state index in [1.165, 1.54) is 22.3 Å². The van der Waals surface area contributed by atoms with E-state index >= 15 is 0 Å². The Bertz CT molecular complexity index is 575. The lowest BCUT2D eigenvalue weighted by Gasteiger charge is -2.08. The first-order valence-electron chi connectivity index (χ1n) is 6.66. The molecule has 106 valence electrons. The van der Waals surface area contributed by atoms with E-state index in [1.54, 1.807) is 7.11 Å². The second-order valence-electron chi connectivity index (χ2n) is 5.07. The van der Waals surface area contributed by atoms with Gasteiger partial charge in [0.1, 0.15) is 5.75 Å². The third-order valence-electron chi connectivity index (χ3n) is 3.11. The van der Waals surface area contributed by atoms with Crippen LogP contribution in [0, 0.1) is 13.8 Å². The number of methoxy groups -OCH3 is 1. The van der Waals surface area contributed by atoms with Gasteiger partial charge in [-0.25, -0.2) is 0 Å². The molecule has 0 radical (unpaired) electrons. The molecular formula is C17H21NOS. The molecule has 0 atom stereocenters. The van der Waals surface area contributed by atoms with E-state index in [2.05, 4.69) is 38.1 Å². The van der Waals surface area contributed by atoms with Gasteiger partial charge in [-0.3, -0.25) is 0 Å². The molecule has 0 fully saturated rings. The first-order chi connectivity index (χ1) is 9.58. The molecule has 0 spiro atoms. The molecule has 0 aliphatic rings. The predicted octanol–water partition coefficient (Wildman–Crippen LogP) is 4.33. The van der Waals surface area contributed by atoms with E-state index in [-0.39, 0.29) is 0 Å². The summed E-state index contributed by atoms with van der Waals surface area (Å²) in [6.45, 7) is 4.29. The predicted molar refractivity (Wildman–Crippen MR) is 88.3 cm³/mol. The molecule has 0 heterocycles.